The molecular weight excluding hydrogens is 301 g/mol. The Balaban J connectivity index is 2.47. The van der Waals surface area contributed by atoms with Gasteiger partial charge >= 0.3 is 5.97 Å². The van der Waals surface area contributed by atoms with Crippen molar-refractivity contribution in [2.24, 2.45) is 0 Å². The van der Waals surface area contributed by atoms with E-state index in [-0.39, 0.29) is 17.9 Å². The van der Waals surface area contributed by atoms with Crippen molar-refractivity contribution in [3.8, 4) is 0 Å². The van der Waals surface area contributed by atoms with Gasteiger partial charge in [0.05, 0.1) is 0 Å². The second-order valence-corrected chi connectivity index (χ2v) is 5.52. The Morgan fingerprint density at radius 1 is 1.35 bits per heavy atom. The van der Waals surface area contributed by atoms with Crippen molar-refractivity contribution in [3.05, 3.63) is 50.8 Å². The van der Waals surface area contributed by atoms with Crippen LogP contribution < -0.4 is 0 Å². The highest BCUT2D eigenvalue weighted by Crippen LogP contribution is 2.30. The molecule has 4 nitrogen and oxygen atoms in total. The molecule has 106 valence electrons. The average molecular weight is 314 g/mol. The Bertz CT molecular complexity index is 630. The van der Waals surface area contributed by atoms with Crippen LogP contribution in [0.1, 0.15) is 47.1 Å². The monoisotopic (exact) mass is 313 g/mol. The number of aromatic nitrogens is 1. The number of hydrogen-bond donors (Lipinski definition) is 1. The van der Waals surface area contributed by atoms with E-state index < -0.39 is 5.97 Å². The Morgan fingerprint density at radius 3 is 2.45 bits per heavy atom. The summed E-state index contributed by atoms with van der Waals surface area (Å²) in [4.78, 5) is 11.4. The molecule has 6 heteroatoms. The maximum Gasteiger partial charge on any atom is 0.341 e. The Morgan fingerprint density at radius 2 is 1.95 bits per heavy atom. The molecule has 0 unspecified atom stereocenters. The van der Waals surface area contributed by atoms with E-state index in [0.717, 1.165) is 0 Å². The first kappa shape index (κ1) is 14.9. The fraction of sp³-hybridized carbons (Fsp3) is 0.286. The second-order valence-electron chi connectivity index (χ2n) is 4.71. The molecule has 1 aromatic heterocycles. The minimum atomic E-state index is -1.06. The van der Waals surface area contributed by atoms with Crippen LogP contribution >= 0.6 is 23.2 Å². The Labute approximate surface area is 126 Å². The van der Waals surface area contributed by atoms with E-state index in [1.54, 1.807) is 18.2 Å². The number of carbonyl (C=O) groups is 1. The Kier molecular flexibility index (Phi) is 4.35. The van der Waals surface area contributed by atoms with E-state index >= 15 is 0 Å². The maximum absolute atomic E-state index is 11.4. The molecule has 0 bridgehead atoms. The molecule has 0 aliphatic carbocycles. The smallest absolute Gasteiger partial charge is 0.341 e. The van der Waals surface area contributed by atoms with Crippen LogP contribution in [0.15, 0.2) is 22.7 Å². The molecule has 0 saturated carbocycles. The van der Waals surface area contributed by atoms with E-state index in [0.29, 0.717) is 27.1 Å². The van der Waals surface area contributed by atoms with Crippen molar-refractivity contribution in [2.45, 2.75) is 26.2 Å². The molecule has 0 aliphatic rings. The third kappa shape index (κ3) is 2.81. The number of halogens is 2. The molecule has 2 rings (SSSR count). The highest BCUT2D eigenvalue weighted by molar-refractivity contribution is 6.36. The van der Waals surface area contributed by atoms with Crippen LogP contribution in [0.25, 0.3) is 0 Å². The van der Waals surface area contributed by atoms with Crippen molar-refractivity contribution in [1.82, 2.24) is 5.16 Å². The van der Waals surface area contributed by atoms with Gasteiger partial charge < -0.3 is 9.63 Å². The molecule has 0 fully saturated rings. The van der Waals surface area contributed by atoms with E-state index in [1.807, 2.05) is 13.8 Å². The summed E-state index contributed by atoms with van der Waals surface area (Å²) in [6.45, 7) is 3.69. The summed E-state index contributed by atoms with van der Waals surface area (Å²) in [5.74, 6) is -0.770. The third-order valence-electron chi connectivity index (χ3n) is 2.93. The summed E-state index contributed by atoms with van der Waals surface area (Å²) in [5, 5.41) is 14.1. The van der Waals surface area contributed by atoms with Crippen LogP contribution in [0, 0.1) is 0 Å². The zero-order chi connectivity index (χ0) is 14.9. The quantitative estimate of drug-likeness (QED) is 0.909. The highest BCUT2D eigenvalue weighted by Gasteiger charge is 2.25. The summed E-state index contributed by atoms with van der Waals surface area (Å²) < 4.78 is 5.15. The number of hydrogen-bond acceptors (Lipinski definition) is 3. The van der Waals surface area contributed by atoms with Crippen LogP contribution in [0.5, 0.6) is 0 Å². The summed E-state index contributed by atoms with van der Waals surface area (Å²) in [7, 11) is 0. The topological polar surface area (TPSA) is 63.3 Å². The third-order valence-corrected chi connectivity index (χ3v) is 3.64. The second kappa shape index (κ2) is 5.85. The number of carboxylic acid groups (broad SMARTS) is 1. The summed E-state index contributed by atoms with van der Waals surface area (Å²) >= 11 is 12.2. The summed E-state index contributed by atoms with van der Waals surface area (Å²) in [6.07, 6.45) is 0.219. The van der Waals surface area contributed by atoms with Gasteiger partial charge in [-0.2, -0.15) is 0 Å². The lowest BCUT2D eigenvalue weighted by atomic mass is 10.0. The van der Waals surface area contributed by atoms with Gasteiger partial charge in [-0.15, -0.1) is 0 Å². The largest absolute Gasteiger partial charge is 0.477 e. The fourth-order valence-corrected chi connectivity index (χ4v) is 2.48. The van der Waals surface area contributed by atoms with Gasteiger partial charge in [0.25, 0.3) is 0 Å². The van der Waals surface area contributed by atoms with Crippen molar-refractivity contribution >= 4 is 29.2 Å². The summed E-state index contributed by atoms with van der Waals surface area (Å²) in [6, 6.07) is 5.13. The molecule has 1 N–H and O–H groups in total. The van der Waals surface area contributed by atoms with Crippen LogP contribution in [0.4, 0.5) is 0 Å². The van der Waals surface area contributed by atoms with Gasteiger partial charge in [-0.25, -0.2) is 4.79 Å². The molecule has 0 aliphatic heterocycles. The van der Waals surface area contributed by atoms with E-state index in [9.17, 15) is 9.90 Å². The van der Waals surface area contributed by atoms with E-state index in [1.165, 1.54) is 0 Å². The molecule has 20 heavy (non-hydrogen) atoms. The van der Waals surface area contributed by atoms with Gasteiger partial charge in [-0.1, -0.05) is 48.3 Å². The van der Waals surface area contributed by atoms with Gasteiger partial charge in [0.1, 0.15) is 11.3 Å². The van der Waals surface area contributed by atoms with Crippen molar-refractivity contribution in [2.75, 3.05) is 0 Å². The number of nitrogens with zero attached hydrogens (tertiary/aromatic N) is 1. The maximum atomic E-state index is 11.4. The lowest BCUT2D eigenvalue weighted by molar-refractivity contribution is 0.0693. The molecular formula is C14H13Cl2NO3. The average Bonchev–Trinajstić information content (AvgIpc) is 2.78. The number of carboxylic acids is 1. The minimum Gasteiger partial charge on any atom is -0.477 e. The van der Waals surface area contributed by atoms with Crippen LogP contribution in [0.2, 0.25) is 10.0 Å². The summed E-state index contributed by atoms with van der Waals surface area (Å²) in [5.41, 5.74) is 1.06. The van der Waals surface area contributed by atoms with Gasteiger partial charge in [0.2, 0.25) is 0 Å². The predicted molar refractivity (Wildman–Crippen MR) is 76.8 cm³/mol. The van der Waals surface area contributed by atoms with Crippen LogP contribution in [0.3, 0.4) is 0 Å². The standard InChI is InChI=1S/C14H13Cl2NO3/c1-7(2)13-12(14(18)19)11(17-20-13)6-8-9(15)4-3-5-10(8)16/h3-5,7H,6H2,1-2H3,(H,18,19). The van der Waals surface area contributed by atoms with Crippen molar-refractivity contribution in [1.29, 1.82) is 0 Å². The normalized spacial score (nSPS) is 11.1. The molecule has 0 spiro atoms. The SMILES string of the molecule is CC(C)c1onc(Cc2c(Cl)cccc2Cl)c1C(=O)O. The lowest BCUT2D eigenvalue weighted by Crippen LogP contribution is -2.05. The molecule has 0 amide bonds. The molecule has 2 aromatic rings. The first-order valence-electron chi connectivity index (χ1n) is 6.06. The first-order valence-corrected chi connectivity index (χ1v) is 6.82. The molecule has 0 atom stereocenters. The lowest BCUT2D eigenvalue weighted by Gasteiger charge is -2.05. The number of aromatic carboxylic acids is 1. The minimum absolute atomic E-state index is 0.0657. The van der Waals surface area contributed by atoms with Gasteiger partial charge in [-0.05, 0) is 17.7 Å². The van der Waals surface area contributed by atoms with Gasteiger partial charge in [-0.3, -0.25) is 0 Å². The van der Waals surface area contributed by atoms with Gasteiger partial charge in [0.15, 0.2) is 5.76 Å². The number of rotatable bonds is 4. The first-order chi connectivity index (χ1) is 9.41. The number of benzene rings is 1. The molecule has 1 heterocycles. The van der Waals surface area contributed by atoms with Crippen molar-refractivity contribution in [3.63, 3.8) is 0 Å². The van der Waals surface area contributed by atoms with Crippen molar-refractivity contribution < 1.29 is 14.4 Å². The molecule has 0 saturated heterocycles. The van der Waals surface area contributed by atoms with E-state index in [4.69, 9.17) is 27.7 Å². The zero-order valence-electron chi connectivity index (χ0n) is 11.0. The zero-order valence-corrected chi connectivity index (χ0v) is 12.5. The molecule has 1 aromatic carbocycles. The fourth-order valence-electron chi connectivity index (χ4n) is 1.95. The Hall–Kier alpha value is -1.52. The highest BCUT2D eigenvalue weighted by atomic mass is 35.5. The molecule has 0 radical (unpaired) electrons. The van der Waals surface area contributed by atoms with Crippen LogP contribution in [-0.4, -0.2) is 16.2 Å². The van der Waals surface area contributed by atoms with Crippen LogP contribution in [-0.2, 0) is 6.42 Å². The predicted octanol–water partition coefficient (Wildman–Crippen LogP) is 4.39. The van der Waals surface area contributed by atoms with Gasteiger partial charge in [0, 0.05) is 22.4 Å². The van der Waals surface area contributed by atoms with E-state index in [2.05, 4.69) is 5.16 Å².